The van der Waals surface area contributed by atoms with Crippen molar-refractivity contribution in [3.05, 3.63) is 11.6 Å². The molecule has 84 valence electrons. The molecule has 0 amide bonds. The van der Waals surface area contributed by atoms with Crippen LogP contribution in [0.15, 0.2) is 0 Å². The van der Waals surface area contributed by atoms with Gasteiger partial charge in [0.2, 0.25) is 0 Å². The SMILES string of the molecule is CCN1CCn2c(nnc2C(C)(C)O)C1. The Labute approximate surface area is 89.7 Å². The highest BCUT2D eigenvalue weighted by Crippen LogP contribution is 2.21. The quantitative estimate of drug-likeness (QED) is 0.765. The van der Waals surface area contributed by atoms with Gasteiger partial charge in [0.05, 0.1) is 6.54 Å². The second-order valence-corrected chi connectivity index (χ2v) is 4.52. The molecule has 0 radical (unpaired) electrons. The van der Waals surface area contributed by atoms with Crippen LogP contribution in [0, 0.1) is 0 Å². The van der Waals surface area contributed by atoms with E-state index in [2.05, 4.69) is 22.0 Å². The van der Waals surface area contributed by atoms with Gasteiger partial charge < -0.3 is 9.67 Å². The van der Waals surface area contributed by atoms with E-state index < -0.39 is 5.60 Å². The Morgan fingerprint density at radius 3 is 2.67 bits per heavy atom. The van der Waals surface area contributed by atoms with Crippen molar-refractivity contribution in [2.75, 3.05) is 13.1 Å². The molecule has 2 heterocycles. The molecule has 2 rings (SSSR count). The van der Waals surface area contributed by atoms with Gasteiger partial charge in [-0.05, 0) is 20.4 Å². The predicted molar refractivity (Wildman–Crippen MR) is 56.2 cm³/mol. The number of hydrogen-bond donors (Lipinski definition) is 1. The average Bonchev–Trinajstić information content (AvgIpc) is 2.59. The third kappa shape index (κ3) is 1.89. The van der Waals surface area contributed by atoms with E-state index in [4.69, 9.17) is 0 Å². The van der Waals surface area contributed by atoms with Crippen molar-refractivity contribution in [3.8, 4) is 0 Å². The van der Waals surface area contributed by atoms with Crippen molar-refractivity contribution in [3.63, 3.8) is 0 Å². The number of likely N-dealkylation sites (N-methyl/N-ethyl adjacent to an activating group) is 1. The zero-order valence-corrected chi connectivity index (χ0v) is 9.56. The van der Waals surface area contributed by atoms with Gasteiger partial charge in [-0.1, -0.05) is 6.92 Å². The lowest BCUT2D eigenvalue weighted by atomic mass is 10.1. The lowest BCUT2D eigenvalue weighted by molar-refractivity contribution is 0.0618. The Morgan fingerprint density at radius 2 is 2.07 bits per heavy atom. The minimum absolute atomic E-state index is 0.674. The molecule has 1 aliphatic rings. The summed E-state index contributed by atoms with van der Waals surface area (Å²) < 4.78 is 2.03. The zero-order valence-electron chi connectivity index (χ0n) is 9.56. The van der Waals surface area contributed by atoms with Gasteiger partial charge in [0.1, 0.15) is 11.4 Å². The van der Waals surface area contributed by atoms with Crippen LogP contribution in [-0.4, -0.2) is 37.9 Å². The lowest BCUT2D eigenvalue weighted by Gasteiger charge is -2.28. The maximum absolute atomic E-state index is 9.92. The van der Waals surface area contributed by atoms with Gasteiger partial charge in [0, 0.05) is 13.1 Å². The molecule has 1 N–H and O–H groups in total. The second kappa shape index (κ2) is 3.57. The van der Waals surface area contributed by atoms with Crippen LogP contribution in [0.1, 0.15) is 32.4 Å². The fourth-order valence-corrected chi connectivity index (χ4v) is 1.93. The normalized spacial score (nSPS) is 17.9. The van der Waals surface area contributed by atoms with Crippen LogP contribution in [-0.2, 0) is 18.7 Å². The summed E-state index contributed by atoms with van der Waals surface area (Å²) in [5, 5.41) is 18.1. The molecule has 0 aromatic carbocycles. The van der Waals surface area contributed by atoms with Crippen molar-refractivity contribution in [2.45, 2.75) is 39.5 Å². The van der Waals surface area contributed by atoms with Crippen molar-refractivity contribution < 1.29 is 5.11 Å². The van der Waals surface area contributed by atoms with Crippen molar-refractivity contribution >= 4 is 0 Å². The standard InChI is InChI=1S/C10H18N4O/c1-4-13-5-6-14-8(7-13)11-12-9(14)10(2,3)15/h15H,4-7H2,1-3H3. The highest BCUT2D eigenvalue weighted by Gasteiger charge is 2.28. The van der Waals surface area contributed by atoms with Gasteiger partial charge >= 0.3 is 0 Å². The molecule has 1 aromatic heterocycles. The Morgan fingerprint density at radius 1 is 1.33 bits per heavy atom. The third-order valence-corrected chi connectivity index (χ3v) is 2.83. The monoisotopic (exact) mass is 210 g/mol. The van der Waals surface area contributed by atoms with Crippen LogP contribution in [0.2, 0.25) is 0 Å². The summed E-state index contributed by atoms with van der Waals surface area (Å²) in [5.41, 5.74) is -0.903. The molecule has 0 unspecified atom stereocenters. The number of rotatable bonds is 2. The first-order valence-corrected chi connectivity index (χ1v) is 5.39. The predicted octanol–water partition coefficient (Wildman–Crippen LogP) is 0.341. The van der Waals surface area contributed by atoms with E-state index >= 15 is 0 Å². The van der Waals surface area contributed by atoms with Gasteiger partial charge in [-0.3, -0.25) is 4.90 Å². The van der Waals surface area contributed by atoms with E-state index in [1.54, 1.807) is 13.8 Å². The molecule has 0 atom stereocenters. The summed E-state index contributed by atoms with van der Waals surface area (Å²) >= 11 is 0. The summed E-state index contributed by atoms with van der Waals surface area (Å²) in [6.07, 6.45) is 0. The van der Waals surface area contributed by atoms with E-state index in [1.807, 2.05) is 4.57 Å². The van der Waals surface area contributed by atoms with Gasteiger partial charge in [-0.15, -0.1) is 10.2 Å². The minimum atomic E-state index is -0.903. The number of nitrogens with zero attached hydrogens (tertiary/aromatic N) is 4. The number of hydrogen-bond acceptors (Lipinski definition) is 4. The minimum Gasteiger partial charge on any atom is -0.382 e. The highest BCUT2D eigenvalue weighted by molar-refractivity contribution is 5.05. The maximum Gasteiger partial charge on any atom is 0.164 e. The fourth-order valence-electron chi connectivity index (χ4n) is 1.93. The number of aromatic nitrogens is 3. The van der Waals surface area contributed by atoms with E-state index in [0.717, 1.165) is 32.0 Å². The smallest absolute Gasteiger partial charge is 0.164 e. The van der Waals surface area contributed by atoms with Gasteiger partial charge in [0.15, 0.2) is 5.82 Å². The Kier molecular flexibility index (Phi) is 2.52. The highest BCUT2D eigenvalue weighted by atomic mass is 16.3. The summed E-state index contributed by atoms with van der Waals surface area (Å²) in [6.45, 7) is 9.38. The van der Waals surface area contributed by atoms with Crippen LogP contribution in [0.5, 0.6) is 0 Å². The van der Waals surface area contributed by atoms with E-state index in [1.165, 1.54) is 0 Å². The zero-order chi connectivity index (χ0) is 11.1. The first kappa shape index (κ1) is 10.6. The van der Waals surface area contributed by atoms with Crippen LogP contribution in [0.3, 0.4) is 0 Å². The second-order valence-electron chi connectivity index (χ2n) is 4.52. The van der Waals surface area contributed by atoms with Crippen LogP contribution in [0.4, 0.5) is 0 Å². The van der Waals surface area contributed by atoms with Crippen LogP contribution in [0.25, 0.3) is 0 Å². The molecule has 0 saturated carbocycles. The molecule has 15 heavy (non-hydrogen) atoms. The Hall–Kier alpha value is -0.940. The Balaban J connectivity index is 2.30. The molecule has 0 saturated heterocycles. The molecule has 5 heteroatoms. The van der Waals surface area contributed by atoms with Gasteiger partial charge in [-0.2, -0.15) is 0 Å². The Bertz CT molecular complexity index is 353. The third-order valence-electron chi connectivity index (χ3n) is 2.83. The van der Waals surface area contributed by atoms with Crippen molar-refractivity contribution in [2.24, 2.45) is 0 Å². The van der Waals surface area contributed by atoms with E-state index in [0.29, 0.717) is 5.82 Å². The van der Waals surface area contributed by atoms with Crippen molar-refractivity contribution in [1.29, 1.82) is 0 Å². The first-order chi connectivity index (χ1) is 7.02. The molecule has 0 bridgehead atoms. The number of fused-ring (bicyclic) bond motifs is 1. The van der Waals surface area contributed by atoms with Gasteiger partial charge in [-0.25, -0.2) is 0 Å². The van der Waals surface area contributed by atoms with Gasteiger partial charge in [0.25, 0.3) is 0 Å². The molecule has 1 aliphatic heterocycles. The molecule has 1 aromatic rings. The fraction of sp³-hybridized carbons (Fsp3) is 0.800. The molecule has 0 spiro atoms. The molecular formula is C10H18N4O. The topological polar surface area (TPSA) is 54.2 Å². The summed E-state index contributed by atoms with van der Waals surface area (Å²) in [7, 11) is 0. The largest absolute Gasteiger partial charge is 0.382 e. The van der Waals surface area contributed by atoms with E-state index in [-0.39, 0.29) is 0 Å². The molecule has 0 aliphatic carbocycles. The van der Waals surface area contributed by atoms with Crippen molar-refractivity contribution in [1.82, 2.24) is 19.7 Å². The van der Waals surface area contributed by atoms with Crippen LogP contribution >= 0.6 is 0 Å². The summed E-state index contributed by atoms with van der Waals surface area (Å²) in [4.78, 5) is 2.32. The summed E-state index contributed by atoms with van der Waals surface area (Å²) in [6, 6.07) is 0. The van der Waals surface area contributed by atoms with Crippen LogP contribution < -0.4 is 0 Å². The maximum atomic E-state index is 9.92. The van der Waals surface area contributed by atoms with E-state index in [9.17, 15) is 5.11 Å². The molecule has 0 fully saturated rings. The molecule has 5 nitrogen and oxygen atoms in total. The molecular weight excluding hydrogens is 192 g/mol. The summed E-state index contributed by atoms with van der Waals surface area (Å²) in [5.74, 6) is 1.63. The number of aliphatic hydroxyl groups is 1. The lowest BCUT2D eigenvalue weighted by Crippen LogP contribution is -2.35. The first-order valence-electron chi connectivity index (χ1n) is 5.39. The average molecular weight is 210 g/mol.